The Kier molecular flexibility index (Phi) is 2.75. The Morgan fingerprint density at radius 1 is 1.19 bits per heavy atom. The van der Waals surface area contributed by atoms with E-state index in [1.54, 1.807) is 38.3 Å². The van der Waals surface area contributed by atoms with Gasteiger partial charge in [-0.15, -0.1) is 0 Å². The van der Waals surface area contributed by atoms with E-state index in [-0.39, 0.29) is 17.9 Å². The van der Waals surface area contributed by atoms with E-state index >= 15 is 0 Å². The smallest absolute Gasteiger partial charge is 0.261 e. The molecule has 1 aromatic rings. The van der Waals surface area contributed by atoms with Crippen LogP contribution in [0.25, 0.3) is 0 Å². The second-order valence-corrected chi connectivity index (χ2v) is 3.83. The molecule has 0 unspecified atom stereocenters. The zero-order valence-electron chi connectivity index (χ0n) is 9.27. The van der Waals surface area contributed by atoms with Gasteiger partial charge in [0.15, 0.2) is 0 Å². The summed E-state index contributed by atoms with van der Waals surface area (Å²) >= 11 is 0. The number of hydrogen-bond donors (Lipinski definition) is 0. The van der Waals surface area contributed by atoms with Crippen LogP contribution in [-0.4, -0.2) is 36.5 Å². The Bertz CT molecular complexity index is 407. The van der Waals surface area contributed by atoms with Gasteiger partial charge in [-0.3, -0.25) is 14.5 Å². The second-order valence-electron chi connectivity index (χ2n) is 3.83. The number of rotatable bonds is 3. The highest BCUT2D eigenvalue weighted by molar-refractivity contribution is 6.21. The van der Waals surface area contributed by atoms with E-state index in [1.165, 1.54) is 4.90 Å². The molecule has 0 bridgehead atoms. The zero-order valence-corrected chi connectivity index (χ0v) is 9.27. The van der Waals surface area contributed by atoms with Crippen LogP contribution in [0.2, 0.25) is 0 Å². The van der Waals surface area contributed by atoms with E-state index in [0.29, 0.717) is 17.7 Å². The van der Waals surface area contributed by atoms with Gasteiger partial charge in [0.25, 0.3) is 11.8 Å². The van der Waals surface area contributed by atoms with Gasteiger partial charge in [0.2, 0.25) is 0 Å². The van der Waals surface area contributed by atoms with E-state index in [4.69, 9.17) is 4.74 Å². The Hall–Kier alpha value is -1.68. The van der Waals surface area contributed by atoms with E-state index < -0.39 is 0 Å². The first-order valence-corrected chi connectivity index (χ1v) is 5.12. The SMILES string of the molecule is COC[C@H](C)N1C(=O)c2ccccc2C1=O. The van der Waals surface area contributed by atoms with Crippen LogP contribution >= 0.6 is 0 Å². The standard InChI is InChI=1S/C12H13NO3/c1-8(7-16-2)13-11(14)9-5-3-4-6-10(9)12(13)15/h3-6,8H,7H2,1-2H3/t8-/m0/s1. The van der Waals surface area contributed by atoms with Crippen LogP contribution < -0.4 is 0 Å². The summed E-state index contributed by atoms with van der Waals surface area (Å²) in [5.41, 5.74) is 0.964. The molecule has 0 saturated heterocycles. The number of carbonyl (C=O) groups is 2. The number of fused-ring (bicyclic) bond motifs is 1. The summed E-state index contributed by atoms with van der Waals surface area (Å²) in [7, 11) is 1.55. The Morgan fingerprint density at radius 2 is 1.69 bits per heavy atom. The van der Waals surface area contributed by atoms with Crippen molar-refractivity contribution in [2.75, 3.05) is 13.7 Å². The molecule has 0 spiro atoms. The molecule has 16 heavy (non-hydrogen) atoms. The number of nitrogens with zero attached hydrogens (tertiary/aromatic N) is 1. The van der Waals surface area contributed by atoms with Crippen molar-refractivity contribution < 1.29 is 14.3 Å². The molecule has 2 amide bonds. The Labute approximate surface area is 93.8 Å². The van der Waals surface area contributed by atoms with Gasteiger partial charge >= 0.3 is 0 Å². The molecule has 0 fully saturated rings. The predicted molar refractivity (Wildman–Crippen MR) is 58.3 cm³/mol. The van der Waals surface area contributed by atoms with Crippen molar-refractivity contribution in [3.63, 3.8) is 0 Å². The van der Waals surface area contributed by atoms with Gasteiger partial charge < -0.3 is 4.74 Å². The molecule has 1 heterocycles. The molecular formula is C12H13NO3. The molecule has 1 aromatic carbocycles. The molecule has 1 aliphatic heterocycles. The third kappa shape index (κ3) is 1.51. The molecule has 1 atom stereocenters. The van der Waals surface area contributed by atoms with Crippen molar-refractivity contribution in [1.82, 2.24) is 4.90 Å². The summed E-state index contributed by atoms with van der Waals surface area (Å²) in [5, 5.41) is 0. The Balaban J connectivity index is 2.35. The lowest BCUT2D eigenvalue weighted by atomic mass is 10.1. The fraction of sp³-hybridized carbons (Fsp3) is 0.333. The van der Waals surface area contributed by atoms with E-state index in [2.05, 4.69) is 0 Å². The highest BCUT2D eigenvalue weighted by Gasteiger charge is 2.37. The van der Waals surface area contributed by atoms with Crippen LogP contribution in [-0.2, 0) is 4.74 Å². The highest BCUT2D eigenvalue weighted by Crippen LogP contribution is 2.24. The Morgan fingerprint density at radius 3 is 2.12 bits per heavy atom. The number of amides is 2. The maximum absolute atomic E-state index is 12.0. The molecule has 0 aliphatic carbocycles. The molecule has 0 N–H and O–H groups in total. The van der Waals surface area contributed by atoms with Crippen LogP contribution in [0.3, 0.4) is 0 Å². The number of methoxy groups -OCH3 is 1. The first-order valence-electron chi connectivity index (χ1n) is 5.12. The molecule has 4 nitrogen and oxygen atoms in total. The van der Waals surface area contributed by atoms with Gasteiger partial charge in [-0.2, -0.15) is 0 Å². The van der Waals surface area contributed by atoms with Crippen molar-refractivity contribution in [3.05, 3.63) is 35.4 Å². The maximum atomic E-state index is 12.0. The first kappa shape index (κ1) is 10.8. The van der Waals surface area contributed by atoms with Gasteiger partial charge in [0.1, 0.15) is 0 Å². The summed E-state index contributed by atoms with van der Waals surface area (Å²) in [4.78, 5) is 25.2. The minimum Gasteiger partial charge on any atom is -0.383 e. The lowest BCUT2D eigenvalue weighted by molar-refractivity contribution is 0.0497. The lowest BCUT2D eigenvalue weighted by Gasteiger charge is -2.21. The largest absolute Gasteiger partial charge is 0.383 e. The number of carbonyl (C=O) groups excluding carboxylic acids is 2. The lowest BCUT2D eigenvalue weighted by Crippen LogP contribution is -2.40. The van der Waals surface area contributed by atoms with Gasteiger partial charge in [-0.1, -0.05) is 12.1 Å². The number of hydrogen-bond acceptors (Lipinski definition) is 3. The van der Waals surface area contributed by atoms with Gasteiger partial charge in [-0.05, 0) is 19.1 Å². The molecular weight excluding hydrogens is 206 g/mol. The molecule has 1 aliphatic rings. The molecule has 0 aromatic heterocycles. The third-order valence-electron chi connectivity index (χ3n) is 2.67. The summed E-state index contributed by atoms with van der Waals surface area (Å²) < 4.78 is 4.97. The van der Waals surface area contributed by atoms with Crippen LogP contribution in [0.4, 0.5) is 0 Å². The highest BCUT2D eigenvalue weighted by atomic mass is 16.5. The fourth-order valence-corrected chi connectivity index (χ4v) is 1.92. The predicted octanol–water partition coefficient (Wildman–Crippen LogP) is 1.32. The first-order chi connectivity index (χ1) is 7.66. The van der Waals surface area contributed by atoms with E-state index in [1.807, 2.05) is 0 Å². The minimum absolute atomic E-state index is 0.231. The summed E-state index contributed by atoms with van der Waals surface area (Å²) in [6.07, 6.45) is 0. The normalized spacial score (nSPS) is 16.5. The molecule has 0 radical (unpaired) electrons. The van der Waals surface area contributed by atoms with Crippen LogP contribution in [0.1, 0.15) is 27.6 Å². The third-order valence-corrected chi connectivity index (χ3v) is 2.67. The van der Waals surface area contributed by atoms with Crippen molar-refractivity contribution in [3.8, 4) is 0 Å². The molecule has 84 valence electrons. The van der Waals surface area contributed by atoms with Gasteiger partial charge in [0.05, 0.1) is 23.8 Å². The fourth-order valence-electron chi connectivity index (χ4n) is 1.92. The van der Waals surface area contributed by atoms with Gasteiger partial charge in [0, 0.05) is 7.11 Å². The average molecular weight is 219 g/mol. The quantitative estimate of drug-likeness (QED) is 0.720. The topological polar surface area (TPSA) is 46.6 Å². The van der Waals surface area contributed by atoms with E-state index in [0.717, 1.165) is 0 Å². The summed E-state index contributed by atoms with van der Waals surface area (Å²) in [6, 6.07) is 6.63. The summed E-state index contributed by atoms with van der Waals surface area (Å²) in [5.74, 6) is -0.463. The van der Waals surface area contributed by atoms with E-state index in [9.17, 15) is 9.59 Å². The molecule has 0 saturated carbocycles. The molecule has 4 heteroatoms. The number of benzene rings is 1. The second kappa shape index (κ2) is 4.06. The minimum atomic E-state index is -0.239. The molecule has 2 rings (SSSR count). The monoisotopic (exact) mass is 219 g/mol. The van der Waals surface area contributed by atoms with Crippen LogP contribution in [0.5, 0.6) is 0 Å². The van der Waals surface area contributed by atoms with Crippen molar-refractivity contribution >= 4 is 11.8 Å². The van der Waals surface area contributed by atoms with Crippen molar-refractivity contribution in [2.45, 2.75) is 13.0 Å². The van der Waals surface area contributed by atoms with Crippen LogP contribution in [0.15, 0.2) is 24.3 Å². The van der Waals surface area contributed by atoms with Crippen molar-refractivity contribution in [2.24, 2.45) is 0 Å². The zero-order chi connectivity index (χ0) is 11.7. The average Bonchev–Trinajstić information content (AvgIpc) is 2.53. The van der Waals surface area contributed by atoms with Gasteiger partial charge in [-0.25, -0.2) is 0 Å². The van der Waals surface area contributed by atoms with Crippen molar-refractivity contribution in [1.29, 1.82) is 0 Å². The van der Waals surface area contributed by atoms with Crippen LogP contribution in [0, 0.1) is 0 Å². The summed E-state index contributed by atoms with van der Waals surface area (Å²) in [6.45, 7) is 2.15. The number of imide groups is 1. The number of ether oxygens (including phenoxy) is 1. The maximum Gasteiger partial charge on any atom is 0.261 e.